The summed E-state index contributed by atoms with van der Waals surface area (Å²) in [6, 6.07) is 8.02. The van der Waals surface area contributed by atoms with Gasteiger partial charge in [-0.15, -0.1) is 0 Å². The molecule has 1 aromatic carbocycles. The Morgan fingerprint density at radius 3 is 2.63 bits per heavy atom. The highest BCUT2D eigenvalue weighted by atomic mass is 16.2. The molecule has 1 fully saturated rings. The highest BCUT2D eigenvalue weighted by Gasteiger charge is 2.30. The average molecular weight is 256 g/mol. The Balaban J connectivity index is 1.90. The minimum atomic E-state index is 0.111. The Kier molecular flexibility index (Phi) is 3.05. The van der Waals surface area contributed by atoms with E-state index in [2.05, 4.69) is 18.0 Å². The number of amides is 1. The number of rotatable bonds is 1. The molecule has 0 N–H and O–H groups in total. The number of nitrogens with zero attached hydrogens (tertiary/aromatic N) is 2. The predicted molar refractivity (Wildman–Crippen MR) is 77.8 cm³/mol. The first-order valence-electron chi connectivity index (χ1n) is 7.00. The molecule has 0 bridgehead atoms. The van der Waals surface area contributed by atoms with Crippen LogP contribution in [0.3, 0.4) is 0 Å². The third-order valence-corrected chi connectivity index (χ3v) is 4.22. The summed E-state index contributed by atoms with van der Waals surface area (Å²) >= 11 is 0. The van der Waals surface area contributed by atoms with E-state index in [9.17, 15) is 4.79 Å². The zero-order valence-corrected chi connectivity index (χ0v) is 11.6. The number of fused-ring (bicyclic) bond motifs is 1. The molecule has 19 heavy (non-hydrogen) atoms. The molecule has 2 aliphatic heterocycles. The molecular weight excluding hydrogens is 236 g/mol. The molecule has 0 radical (unpaired) electrons. The first-order valence-corrected chi connectivity index (χ1v) is 7.00. The lowest BCUT2D eigenvalue weighted by Crippen LogP contribution is -2.29. The van der Waals surface area contributed by atoms with Gasteiger partial charge in [0, 0.05) is 31.9 Å². The predicted octanol–water partition coefficient (Wildman–Crippen LogP) is 2.74. The summed E-state index contributed by atoms with van der Waals surface area (Å²) in [6.07, 6.45) is 4.50. The number of carbonyl (C=O) groups excluding carboxylic acids is 1. The summed E-state index contributed by atoms with van der Waals surface area (Å²) in [4.78, 5) is 16.4. The van der Waals surface area contributed by atoms with E-state index in [0.29, 0.717) is 0 Å². The molecule has 3 rings (SSSR count). The van der Waals surface area contributed by atoms with E-state index in [1.165, 1.54) is 12.8 Å². The molecule has 1 aromatic rings. The molecule has 0 saturated carbocycles. The first-order chi connectivity index (χ1) is 9.16. The molecule has 2 aliphatic rings. The van der Waals surface area contributed by atoms with Crippen LogP contribution in [0.4, 0.5) is 5.69 Å². The zero-order chi connectivity index (χ0) is 13.4. The summed E-state index contributed by atoms with van der Waals surface area (Å²) in [5.41, 5.74) is 2.92. The normalized spacial score (nSPS) is 22.2. The second kappa shape index (κ2) is 4.72. The van der Waals surface area contributed by atoms with Crippen molar-refractivity contribution in [2.75, 3.05) is 25.0 Å². The Labute approximate surface area is 114 Å². The quantitative estimate of drug-likeness (QED) is 0.721. The van der Waals surface area contributed by atoms with Gasteiger partial charge in [-0.25, -0.2) is 0 Å². The van der Waals surface area contributed by atoms with Crippen molar-refractivity contribution in [3.05, 3.63) is 36.0 Å². The van der Waals surface area contributed by atoms with Crippen LogP contribution >= 0.6 is 0 Å². The summed E-state index contributed by atoms with van der Waals surface area (Å²) in [7, 11) is 1.85. The summed E-state index contributed by atoms with van der Waals surface area (Å²) in [6.45, 7) is 4.42. The fourth-order valence-electron chi connectivity index (χ4n) is 2.86. The van der Waals surface area contributed by atoms with Crippen LogP contribution in [-0.4, -0.2) is 30.9 Å². The van der Waals surface area contributed by atoms with E-state index in [4.69, 9.17) is 0 Å². The minimum Gasteiger partial charge on any atom is -0.377 e. The van der Waals surface area contributed by atoms with Crippen molar-refractivity contribution in [3.8, 4) is 0 Å². The van der Waals surface area contributed by atoms with E-state index in [-0.39, 0.29) is 5.91 Å². The third kappa shape index (κ3) is 2.14. The van der Waals surface area contributed by atoms with Gasteiger partial charge in [0.1, 0.15) is 0 Å². The SMILES string of the molecule is CC1CCN(/C=C2\C(=O)N(C)c3ccccc32)CC1. The molecule has 0 unspecified atom stereocenters. The average Bonchev–Trinajstić information content (AvgIpc) is 2.67. The van der Waals surface area contributed by atoms with Crippen LogP contribution < -0.4 is 4.90 Å². The van der Waals surface area contributed by atoms with Gasteiger partial charge in [-0.05, 0) is 24.8 Å². The fraction of sp³-hybridized carbons (Fsp3) is 0.438. The number of para-hydroxylation sites is 1. The van der Waals surface area contributed by atoms with Gasteiger partial charge in [0.05, 0.1) is 11.3 Å². The van der Waals surface area contributed by atoms with E-state index in [1.807, 2.05) is 31.3 Å². The zero-order valence-electron chi connectivity index (χ0n) is 11.6. The summed E-state index contributed by atoms with van der Waals surface area (Å²) in [5.74, 6) is 0.920. The van der Waals surface area contributed by atoms with E-state index in [1.54, 1.807) is 4.90 Å². The maximum Gasteiger partial charge on any atom is 0.260 e. The molecular formula is C16H20N2O. The molecule has 0 aromatic heterocycles. The summed E-state index contributed by atoms with van der Waals surface area (Å²) in [5, 5.41) is 0. The Morgan fingerprint density at radius 1 is 1.21 bits per heavy atom. The number of likely N-dealkylation sites (tertiary alicyclic amines) is 1. The maximum absolute atomic E-state index is 12.3. The second-order valence-corrected chi connectivity index (χ2v) is 5.64. The lowest BCUT2D eigenvalue weighted by Gasteiger charge is -2.29. The van der Waals surface area contributed by atoms with Crippen molar-refractivity contribution in [1.82, 2.24) is 4.90 Å². The van der Waals surface area contributed by atoms with Crippen molar-refractivity contribution in [2.24, 2.45) is 5.92 Å². The molecule has 0 spiro atoms. The van der Waals surface area contributed by atoms with Crippen LogP contribution in [0.1, 0.15) is 25.3 Å². The molecule has 1 amide bonds. The lowest BCUT2D eigenvalue weighted by molar-refractivity contribution is -0.112. The maximum atomic E-state index is 12.3. The number of anilines is 1. The van der Waals surface area contributed by atoms with Gasteiger partial charge >= 0.3 is 0 Å². The number of likely N-dealkylation sites (N-methyl/N-ethyl adjacent to an activating group) is 1. The van der Waals surface area contributed by atoms with Gasteiger partial charge in [-0.3, -0.25) is 4.79 Å². The highest BCUT2D eigenvalue weighted by Crippen LogP contribution is 2.35. The molecule has 100 valence electrons. The number of hydrogen-bond donors (Lipinski definition) is 0. The topological polar surface area (TPSA) is 23.6 Å². The molecule has 3 nitrogen and oxygen atoms in total. The van der Waals surface area contributed by atoms with Gasteiger partial charge < -0.3 is 9.80 Å². The molecule has 0 aliphatic carbocycles. The van der Waals surface area contributed by atoms with Gasteiger partial charge in [-0.2, -0.15) is 0 Å². The largest absolute Gasteiger partial charge is 0.377 e. The molecule has 0 atom stereocenters. The molecule has 3 heteroatoms. The van der Waals surface area contributed by atoms with Crippen LogP contribution in [0.5, 0.6) is 0 Å². The first kappa shape index (κ1) is 12.3. The van der Waals surface area contributed by atoms with E-state index in [0.717, 1.165) is 35.8 Å². The van der Waals surface area contributed by atoms with E-state index >= 15 is 0 Å². The highest BCUT2D eigenvalue weighted by molar-refractivity contribution is 6.32. The monoisotopic (exact) mass is 256 g/mol. The van der Waals surface area contributed by atoms with E-state index < -0.39 is 0 Å². The van der Waals surface area contributed by atoms with Crippen LogP contribution in [0.2, 0.25) is 0 Å². The van der Waals surface area contributed by atoms with Gasteiger partial charge in [0.25, 0.3) is 5.91 Å². The van der Waals surface area contributed by atoms with Crippen molar-refractivity contribution in [2.45, 2.75) is 19.8 Å². The number of carbonyl (C=O) groups is 1. The Bertz CT molecular complexity index is 527. The number of piperidine rings is 1. The van der Waals surface area contributed by atoms with Crippen LogP contribution in [0.25, 0.3) is 5.57 Å². The van der Waals surface area contributed by atoms with Crippen molar-refractivity contribution in [3.63, 3.8) is 0 Å². The van der Waals surface area contributed by atoms with Gasteiger partial charge in [-0.1, -0.05) is 25.1 Å². The number of benzene rings is 1. The standard InChI is InChI=1S/C16H20N2O/c1-12-7-9-18(10-8-12)11-14-13-5-3-4-6-15(13)17(2)16(14)19/h3-6,11-12H,7-10H2,1-2H3/b14-11-. The van der Waals surface area contributed by atoms with Crippen LogP contribution in [0, 0.1) is 5.92 Å². The van der Waals surface area contributed by atoms with Crippen molar-refractivity contribution < 1.29 is 4.79 Å². The lowest BCUT2D eigenvalue weighted by atomic mass is 9.99. The second-order valence-electron chi connectivity index (χ2n) is 5.64. The van der Waals surface area contributed by atoms with Crippen molar-refractivity contribution >= 4 is 17.2 Å². The van der Waals surface area contributed by atoms with Crippen molar-refractivity contribution in [1.29, 1.82) is 0 Å². The third-order valence-electron chi connectivity index (χ3n) is 4.22. The number of hydrogen-bond acceptors (Lipinski definition) is 2. The van der Waals surface area contributed by atoms with Gasteiger partial charge in [0.2, 0.25) is 0 Å². The molecule has 1 saturated heterocycles. The smallest absolute Gasteiger partial charge is 0.260 e. The Morgan fingerprint density at radius 2 is 1.89 bits per heavy atom. The van der Waals surface area contributed by atoms with Crippen LogP contribution in [0.15, 0.2) is 30.5 Å². The minimum absolute atomic E-state index is 0.111. The van der Waals surface area contributed by atoms with Crippen LogP contribution in [-0.2, 0) is 4.79 Å². The summed E-state index contributed by atoms with van der Waals surface area (Å²) < 4.78 is 0. The fourth-order valence-corrected chi connectivity index (χ4v) is 2.86. The van der Waals surface area contributed by atoms with Gasteiger partial charge in [0.15, 0.2) is 0 Å². The Hall–Kier alpha value is -1.77. The molecule has 2 heterocycles.